The number of carbonyl (C=O) groups excluding carboxylic acids is 1. The first-order chi connectivity index (χ1) is 14.9. The summed E-state index contributed by atoms with van der Waals surface area (Å²) in [6.45, 7) is 12.0. The normalized spacial score (nSPS) is 20.1. The Balaban J connectivity index is 1.59. The first-order valence-electron chi connectivity index (χ1n) is 10.9. The quantitative estimate of drug-likeness (QED) is 0.673. The number of hydrogen-bond acceptors (Lipinski definition) is 4. The lowest BCUT2D eigenvalue weighted by atomic mass is 10.00. The number of carbonyl (C=O) groups is 1. The Kier molecular flexibility index (Phi) is 6.54. The van der Waals surface area contributed by atoms with Crippen LogP contribution in [-0.2, 0) is 4.79 Å². The highest BCUT2D eigenvalue weighted by Gasteiger charge is 2.31. The van der Waals surface area contributed by atoms with E-state index in [0.717, 1.165) is 43.4 Å². The second-order valence-corrected chi connectivity index (χ2v) is 9.04. The van der Waals surface area contributed by atoms with E-state index in [9.17, 15) is 4.79 Å². The number of halogens is 1. The van der Waals surface area contributed by atoms with Crippen molar-refractivity contribution >= 4 is 28.9 Å². The summed E-state index contributed by atoms with van der Waals surface area (Å²) >= 11 is 6.12. The molecule has 0 aliphatic carbocycles. The topological polar surface area (TPSA) is 30.0 Å². The van der Waals surface area contributed by atoms with Gasteiger partial charge in [0.05, 0.1) is 6.04 Å². The first kappa shape index (κ1) is 21.7. The summed E-state index contributed by atoms with van der Waals surface area (Å²) in [5.74, 6) is 0.0369. The molecule has 1 amide bonds. The molecule has 2 aliphatic heterocycles. The number of likely N-dealkylation sites (N-methyl/N-ethyl adjacent to an activating group) is 1. The Hall–Kier alpha value is -2.50. The molecular weight excluding hydrogens is 408 g/mol. The van der Waals surface area contributed by atoms with Gasteiger partial charge < -0.3 is 19.6 Å². The average Bonchev–Trinajstić information content (AvgIpc) is 2.79. The van der Waals surface area contributed by atoms with Gasteiger partial charge in [-0.2, -0.15) is 0 Å². The van der Waals surface area contributed by atoms with Crippen LogP contribution >= 0.6 is 11.6 Å². The van der Waals surface area contributed by atoms with E-state index in [2.05, 4.69) is 64.7 Å². The lowest BCUT2D eigenvalue weighted by Crippen LogP contribution is -2.50. The minimum Gasteiger partial charge on any atom is -0.369 e. The Morgan fingerprint density at radius 3 is 2.13 bits per heavy atom. The van der Waals surface area contributed by atoms with Crippen molar-refractivity contribution in [3.05, 3.63) is 71.3 Å². The van der Waals surface area contributed by atoms with Crippen LogP contribution < -0.4 is 9.80 Å². The van der Waals surface area contributed by atoms with Crippen molar-refractivity contribution in [3.63, 3.8) is 0 Å². The first-order valence-corrected chi connectivity index (χ1v) is 11.3. The minimum atomic E-state index is 0.0369. The highest BCUT2D eigenvalue weighted by atomic mass is 35.5. The molecule has 2 aromatic carbocycles. The fourth-order valence-corrected chi connectivity index (χ4v) is 4.56. The van der Waals surface area contributed by atoms with E-state index in [1.54, 1.807) is 6.92 Å². The summed E-state index contributed by atoms with van der Waals surface area (Å²) in [5, 5.41) is 0.730. The van der Waals surface area contributed by atoms with Crippen LogP contribution in [0, 0.1) is 0 Å². The number of rotatable bonds is 4. The van der Waals surface area contributed by atoms with Crippen LogP contribution in [-0.4, -0.2) is 68.6 Å². The van der Waals surface area contributed by atoms with Crippen LogP contribution in [0.25, 0.3) is 0 Å². The van der Waals surface area contributed by atoms with Crippen LogP contribution in [0.15, 0.2) is 60.7 Å². The van der Waals surface area contributed by atoms with Gasteiger partial charge in [-0.05, 0) is 55.9 Å². The maximum absolute atomic E-state index is 12.6. The lowest BCUT2D eigenvalue weighted by molar-refractivity contribution is -0.127. The van der Waals surface area contributed by atoms with Crippen molar-refractivity contribution in [2.75, 3.05) is 62.7 Å². The number of nitrogens with zero attached hydrogens (tertiary/aromatic N) is 4. The summed E-state index contributed by atoms with van der Waals surface area (Å²) in [4.78, 5) is 21.7. The minimum absolute atomic E-state index is 0.0369. The molecule has 0 unspecified atom stereocenters. The monoisotopic (exact) mass is 438 g/mol. The molecule has 0 N–H and O–H groups in total. The van der Waals surface area contributed by atoms with Gasteiger partial charge in [-0.15, -0.1) is 0 Å². The van der Waals surface area contributed by atoms with Crippen LogP contribution in [0.1, 0.15) is 18.5 Å². The maximum atomic E-state index is 12.6. The van der Waals surface area contributed by atoms with Gasteiger partial charge in [-0.25, -0.2) is 0 Å². The standard InChI is InChI=1S/C25H31ClN4O/c1-19(2)25(31)29-16-17-30(23-10-6-21(26)7-11-23)24(18-29)20-4-8-22(9-5-20)28-14-12-27(3)13-15-28/h4-11,24H,1,12-18H2,2-3H3/t24-/m0/s1. The fourth-order valence-electron chi connectivity index (χ4n) is 4.44. The second kappa shape index (κ2) is 9.33. The van der Waals surface area contributed by atoms with E-state index < -0.39 is 0 Å². The fraction of sp³-hybridized carbons (Fsp3) is 0.400. The highest BCUT2D eigenvalue weighted by Crippen LogP contribution is 2.33. The van der Waals surface area contributed by atoms with Gasteiger partial charge >= 0.3 is 0 Å². The third-order valence-corrected chi connectivity index (χ3v) is 6.59. The molecule has 0 saturated carbocycles. The third kappa shape index (κ3) is 4.89. The predicted molar refractivity (Wildman–Crippen MR) is 129 cm³/mol. The summed E-state index contributed by atoms with van der Waals surface area (Å²) in [6, 6.07) is 16.9. The number of amides is 1. The molecule has 0 spiro atoms. The molecule has 5 nitrogen and oxygen atoms in total. The molecule has 1 atom stereocenters. The van der Waals surface area contributed by atoms with E-state index in [4.69, 9.17) is 11.6 Å². The summed E-state index contributed by atoms with van der Waals surface area (Å²) in [7, 11) is 2.17. The molecule has 2 saturated heterocycles. The molecule has 31 heavy (non-hydrogen) atoms. The van der Waals surface area contributed by atoms with Crippen molar-refractivity contribution in [3.8, 4) is 0 Å². The SMILES string of the molecule is C=C(C)C(=O)N1CCN(c2ccc(Cl)cc2)[C@H](c2ccc(N3CCN(C)CC3)cc2)C1. The van der Waals surface area contributed by atoms with Crippen LogP contribution in [0.3, 0.4) is 0 Å². The number of piperazine rings is 2. The molecule has 2 aromatic rings. The van der Waals surface area contributed by atoms with E-state index in [0.29, 0.717) is 18.7 Å². The van der Waals surface area contributed by atoms with Crippen molar-refractivity contribution in [1.29, 1.82) is 0 Å². The molecule has 164 valence electrons. The van der Waals surface area contributed by atoms with Crippen molar-refractivity contribution in [2.24, 2.45) is 0 Å². The highest BCUT2D eigenvalue weighted by molar-refractivity contribution is 6.30. The van der Waals surface area contributed by atoms with Gasteiger partial charge in [0, 0.05) is 67.8 Å². The van der Waals surface area contributed by atoms with E-state index >= 15 is 0 Å². The summed E-state index contributed by atoms with van der Waals surface area (Å²) < 4.78 is 0. The molecule has 0 bridgehead atoms. The summed E-state index contributed by atoms with van der Waals surface area (Å²) in [6.07, 6.45) is 0. The van der Waals surface area contributed by atoms with Gasteiger partial charge in [-0.1, -0.05) is 30.3 Å². The molecule has 0 radical (unpaired) electrons. The van der Waals surface area contributed by atoms with Gasteiger partial charge in [0.25, 0.3) is 0 Å². The van der Waals surface area contributed by atoms with Gasteiger partial charge in [0.15, 0.2) is 0 Å². The maximum Gasteiger partial charge on any atom is 0.249 e. The smallest absolute Gasteiger partial charge is 0.249 e. The average molecular weight is 439 g/mol. The molecule has 2 fully saturated rings. The van der Waals surface area contributed by atoms with Crippen LogP contribution in [0.5, 0.6) is 0 Å². The number of benzene rings is 2. The third-order valence-electron chi connectivity index (χ3n) is 6.34. The van der Waals surface area contributed by atoms with Gasteiger partial charge in [-0.3, -0.25) is 4.79 Å². The Labute approximate surface area is 190 Å². The van der Waals surface area contributed by atoms with Gasteiger partial charge in [0.2, 0.25) is 5.91 Å². The van der Waals surface area contributed by atoms with Gasteiger partial charge in [0.1, 0.15) is 0 Å². The second-order valence-electron chi connectivity index (χ2n) is 8.60. The van der Waals surface area contributed by atoms with E-state index in [1.165, 1.54) is 11.3 Å². The summed E-state index contributed by atoms with van der Waals surface area (Å²) in [5.41, 5.74) is 4.19. The molecule has 2 aliphatic rings. The van der Waals surface area contributed by atoms with Crippen molar-refractivity contribution < 1.29 is 4.79 Å². The molecule has 4 rings (SSSR count). The van der Waals surface area contributed by atoms with E-state index in [1.807, 2.05) is 17.0 Å². The Bertz CT molecular complexity index is 920. The zero-order chi connectivity index (χ0) is 22.0. The number of hydrogen-bond donors (Lipinski definition) is 0. The lowest BCUT2D eigenvalue weighted by Gasteiger charge is -2.43. The predicted octanol–water partition coefficient (Wildman–Crippen LogP) is 4.06. The number of anilines is 2. The zero-order valence-corrected chi connectivity index (χ0v) is 19.2. The largest absolute Gasteiger partial charge is 0.369 e. The molecular formula is C25H31ClN4O. The zero-order valence-electron chi connectivity index (χ0n) is 18.4. The molecule has 0 aromatic heterocycles. The molecule has 2 heterocycles. The Morgan fingerprint density at radius 1 is 0.903 bits per heavy atom. The Morgan fingerprint density at radius 2 is 1.52 bits per heavy atom. The van der Waals surface area contributed by atoms with E-state index in [-0.39, 0.29) is 11.9 Å². The van der Waals surface area contributed by atoms with Crippen molar-refractivity contribution in [1.82, 2.24) is 9.80 Å². The van der Waals surface area contributed by atoms with Crippen LogP contribution in [0.4, 0.5) is 11.4 Å². The van der Waals surface area contributed by atoms with Crippen LogP contribution in [0.2, 0.25) is 5.02 Å². The molecule has 6 heteroatoms. The van der Waals surface area contributed by atoms with Crippen molar-refractivity contribution in [2.45, 2.75) is 13.0 Å².